The van der Waals surface area contributed by atoms with E-state index in [0.717, 1.165) is 17.3 Å². The predicted molar refractivity (Wildman–Crippen MR) is 66.6 cm³/mol. The first-order valence-electron chi connectivity index (χ1n) is 5.43. The van der Waals surface area contributed by atoms with E-state index in [1.807, 2.05) is 41.8 Å². The van der Waals surface area contributed by atoms with Gasteiger partial charge in [0.25, 0.3) is 0 Å². The van der Waals surface area contributed by atoms with E-state index in [0.29, 0.717) is 13.1 Å². The van der Waals surface area contributed by atoms with Gasteiger partial charge in [0.15, 0.2) is 5.82 Å². The molecule has 17 heavy (non-hydrogen) atoms. The van der Waals surface area contributed by atoms with Crippen molar-refractivity contribution in [3.8, 4) is 18.0 Å². The van der Waals surface area contributed by atoms with Crippen molar-refractivity contribution in [1.29, 1.82) is 0 Å². The summed E-state index contributed by atoms with van der Waals surface area (Å²) in [5, 5.41) is 11.4. The van der Waals surface area contributed by atoms with Crippen LogP contribution in [-0.2, 0) is 6.54 Å². The summed E-state index contributed by atoms with van der Waals surface area (Å²) in [5.41, 5.74) is 1.06. The predicted octanol–water partition coefficient (Wildman–Crippen LogP) is 1.30. The van der Waals surface area contributed by atoms with Crippen molar-refractivity contribution >= 4 is 0 Å². The molecule has 0 bridgehead atoms. The summed E-state index contributed by atoms with van der Waals surface area (Å²) in [6, 6.07) is 10.0. The molecule has 1 N–H and O–H groups in total. The Morgan fingerprint density at radius 3 is 2.76 bits per heavy atom. The lowest BCUT2D eigenvalue weighted by atomic mass is 10.3. The maximum Gasteiger partial charge on any atom is 0.151 e. The Bertz CT molecular complexity index is 522. The van der Waals surface area contributed by atoms with Gasteiger partial charge in [-0.2, -0.15) is 0 Å². The van der Waals surface area contributed by atoms with Gasteiger partial charge in [-0.1, -0.05) is 24.1 Å². The van der Waals surface area contributed by atoms with E-state index in [4.69, 9.17) is 6.42 Å². The molecule has 0 fully saturated rings. The summed E-state index contributed by atoms with van der Waals surface area (Å²) in [6.45, 7) is 3.07. The lowest BCUT2D eigenvalue weighted by molar-refractivity contribution is 0.704. The minimum Gasteiger partial charge on any atom is -0.299 e. The first-order chi connectivity index (χ1) is 8.33. The first-order valence-corrected chi connectivity index (χ1v) is 5.43. The second-order valence-corrected chi connectivity index (χ2v) is 3.64. The molecule has 1 aromatic heterocycles. The molecule has 4 nitrogen and oxygen atoms in total. The number of para-hydroxylation sites is 1. The van der Waals surface area contributed by atoms with Crippen LogP contribution in [0, 0.1) is 19.3 Å². The normalized spacial score (nSPS) is 10.1. The van der Waals surface area contributed by atoms with Crippen LogP contribution in [0.5, 0.6) is 0 Å². The maximum atomic E-state index is 5.19. The van der Waals surface area contributed by atoms with Gasteiger partial charge >= 0.3 is 0 Å². The standard InChI is InChI=1S/C13H14N4/c1-3-9-14-10-13-16-15-11(2)17(13)12-7-5-4-6-8-12/h1,4-8,14H,9-10H2,2H3. The van der Waals surface area contributed by atoms with Gasteiger partial charge in [0.1, 0.15) is 5.82 Å². The van der Waals surface area contributed by atoms with Crippen LogP contribution in [0.25, 0.3) is 5.69 Å². The SMILES string of the molecule is C#CCNCc1nnc(C)n1-c1ccccc1. The molecular formula is C13H14N4. The van der Waals surface area contributed by atoms with Gasteiger partial charge in [0.2, 0.25) is 0 Å². The van der Waals surface area contributed by atoms with E-state index in [1.54, 1.807) is 0 Å². The largest absolute Gasteiger partial charge is 0.299 e. The number of terminal acetylenes is 1. The summed E-state index contributed by atoms with van der Waals surface area (Å²) in [7, 11) is 0. The Labute approximate surface area is 101 Å². The third-order valence-corrected chi connectivity index (χ3v) is 2.42. The molecule has 0 aliphatic rings. The van der Waals surface area contributed by atoms with Crippen LogP contribution in [0.4, 0.5) is 0 Å². The zero-order valence-electron chi connectivity index (χ0n) is 9.72. The number of hydrogen-bond donors (Lipinski definition) is 1. The summed E-state index contributed by atoms with van der Waals surface area (Å²) >= 11 is 0. The van der Waals surface area contributed by atoms with Crippen LogP contribution in [0.1, 0.15) is 11.6 Å². The molecule has 4 heteroatoms. The number of hydrogen-bond acceptors (Lipinski definition) is 3. The number of nitrogens with zero attached hydrogens (tertiary/aromatic N) is 3. The Balaban J connectivity index is 2.27. The zero-order valence-corrected chi connectivity index (χ0v) is 9.72. The van der Waals surface area contributed by atoms with Gasteiger partial charge in [-0.25, -0.2) is 0 Å². The highest BCUT2D eigenvalue weighted by Crippen LogP contribution is 2.11. The Morgan fingerprint density at radius 2 is 2.06 bits per heavy atom. The molecule has 0 radical (unpaired) electrons. The second-order valence-electron chi connectivity index (χ2n) is 3.64. The Morgan fingerprint density at radius 1 is 1.29 bits per heavy atom. The topological polar surface area (TPSA) is 42.7 Å². The van der Waals surface area contributed by atoms with Crippen LogP contribution >= 0.6 is 0 Å². The van der Waals surface area contributed by atoms with Crippen LogP contribution in [0.3, 0.4) is 0 Å². The first kappa shape index (κ1) is 11.4. The number of nitrogens with one attached hydrogen (secondary N) is 1. The van der Waals surface area contributed by atoms with E-state index in [1.165, 1.54) is 0 Å². The molecule has 0 unspecified atom stereocenters. The van der Waals surface area contributed by atoms with Gasteiger partial charge in [-0.3, -0.25) is 9.88 Å². The van der Waals surface area contributed by atoms with E-state index in [9.17, 15) is 0 Å². The highest BCUT2D eigenvalue weighted by Gasteiger charge is 2.09. The fraction of sp³-hybridized carbons (Fsp3) is 0.231. The van der Waals surface area contributed by atoms with Crippen LogP contribution in [0.2, 0.25) is 0 Å². The maximum absolute atomic E-state index is 5.19. The van der Waals surface area contributed by atoms with Crippen molar-refractivity contribution in [2.24, 2.45) is 0 Å². The molecule has 0 atom stereocenters. The van der Waals surface area contributed by atoms with Crippen molar-refractivity contribution in [1.82, 2.24) is 20.1 Å². The summed E-state index contributed by atoms with van der Waals surface area (Å²) < 4.78 is 2.02. The van der Waals surface area contributed by atoms with Crippen molar-refractivity contribution in [2.45, 2.75) is 13.5 Å². The third kappa shape index (κ3) is 2.52. The van der Waals surface area contributed by atoms with Crippen molar-refractivity contribution in [3.05, 3.63) is 42.0 Å². The molecule has 0 aliphatic carbocycles. The number of benzene rings is 1. The zero-order chi connectivity index (χ0) is 12.1. The lowest BCUT2D eigenvalue weighted by Crippen LogP contribution is -2.17. The van der Waals surface area contributed by atoms with E-state index < -0.39 is 0 Å². The number of aryl methyl sites for hydroxylation is 1. The summed E-state index contributed by atoms with van der Waals surface area (Å²) in [6.07, 6.45) is 5.19. The minimum absolute atomic E-state index is 0.528. The van der Waals surface area contributed by atoms with Crippen LogP contribution < -0.4 is 5.32 Å². The van der Waals surface area contributed by atoms with Crippen LogP contribution in [-0.4, -0.2) is 21.3 Å². The smallest absolute Gasteiger partial charge is 0.151 e. The Kier molecular flexibility index (Phi) is 3.53. The summed E-state index contributed by atoms with van der Waals surface area (Å²) in [4.78, 5) is 0. The molecular weight excluding hydrogens is 212 g/mol. The van der Waals surface area contributed by atoms with Gasteiger partial charge in [0, 0.05) is 5.69 Å². The van der Waals surface area contributed by atoms with E-state index in [-0.39, 0.29) is 0 Å². The molecule has 0 amide bonds. The lowest BCUT2D eigenvalue weighted by Gasteiger charge is -2.08. The second kappa shape index (κ2) is 5.28. The van der Waals surface area contributed by atoms with Gasteiger partial charge < -0.3 is 0 Å². The Hall–Kier alpha value is -2.12. The average molecular weight is 226 g/mol. The molecule has 0 aliphatic heterocycles. The van der Waals surface area contributed by atoms with Crippen molar-refractivity contribution in [3.63, 3.8) is 0 Å². The quantitative estimate of drug-likeness (QED) is 0.631. The van der Waals surface area contributed by atoms with Gasteiger partial charge in [0.05, 0.1) is 13.1 Å². The fourth-order valence-electron chi connectivity index (χ4n) is 1.68. The molecule has 0 saturated carbocycles. The van der Waals surface area contributed by atoms with Gasteiger partial charge in [-0.15, -0.1) is 16.6 Å². The monoisotopic (exact) mass is 226 g/mol. The molecule has 2 rings (SSSR count). The highest BCUT2D eigenvalue weighted by molar-refractivity contribution is 5.33. The molecule has 1 heterocycles. The number of aromatic nitrogens is 3. The molecule has 86 valence electrons. The molecule has 2 aromatic rings. The highest BCUT2D eigenvalue weighted by atomic mass is 15.3. The number of rotatable bonds is 4. The average Bonchev–Trinajstić information content (AvgIpc) is 2.72. The fourth-order valence-corrected chi connectivity index (χ4v) is 1.68. The van der Waals surface area contributed by atoms with Crippen molar-refractivity contribution in [2.75, 3.05) is 6.54 Å². The van der Waals surface area contributed by atoms with E-state index >= 15 is 0 Å². The van der Waals surface area contributed by atoms with Gasteiger partial charge in [-0.05, 0) is 19.1 Å². The molecule has 0 spiro atoms. The molecule has 0 saturated heterocycles. The third-order valence-electron chi connectivity index (χ3n) is 2.42. The summed E-state index contributed by atoms with van der Waals surface area (Å²) in [5.74, 6) is 4.27. The minimum atomic E-state index is 0.528. The van der Waals surface area contributed by atoms with Crippen molar-refractivity contribution < 1.29 is 0 Å². The van der Waals surface area contributed by atoms with Crippen LogP contribution in [0.15, 0.2) is 30.3 Å². The molecule has 1 aromatic carbocycles. The van der Waals surface area contributed by atoms with E-state index in [2.05, 4.69) is 21.4 Å².